The van der Waals surface area contributed by atoms with Gasteiger partial charge in [-0.1, -0.05) is 0 Å². The van der Waals surface area contributed by atoms with Crippen LogP contribution in [0.25, 0.3) is 0 Å². The van der Waals surface area contributed by atoms with Crippen LogP contribution < -0.4 is 5.73 Å². The number of amides is 1. The summed E-state index contributed by atoms with van der Waals surface area (Å²) in [6.45, 7) is 9.45. The molecule has 0 radical (unpaired) electrons. The Kier molecular flexibility index (Phi) is 5.22. The average molecular weight is 227 g/mol. The minimum atomic E-state index is 0.196. The second-order valence-electron chi connectivity index (χ2n) is 4.88. The molecule has 4 heteroatoms. The molecule has 1 amide bonds. The van der Waals surface area contributed by atoms with Crippen LogP contribution >= 0.6 is 0 Å². The van der Waals surface area contributed by atoms with Crippen LogP contribution in [0, 0.1) is 0 Å². The number of hydrogen-bond acceptors (Lipinski definition) is 3. The van der Waals surface area contributed by atoms with Gasteiger partial charge in [0.25, 0.3) is 0 Å². The Morgan fingerprint density at radius 2 is 2.25 bits per heavy atom. The number of hydrogen-bond donors (Lipinski definition) is 1. The van der Waals surface area contributed by atoms with Gasteiger partial charge >= 0.3 is 0 Å². The van der Waals surface area contributed by atoms with Crippen molar-refractivity contribution in [2.75, 3.05) is 26.2 Å². The topological polar surface area (TPSA) is 49.6 Å². The fourth-order valence-corrected chi connectivity index (χ4v) is 2.52. The highest BCUT2D eigenvalue weighted by atomic mass is 16.2. The Morgan fingerprint density at radius 3 is 2.75 bits per heavy atom. The molecule has 0 aliphatic carbocycles. The fraction of sp³-hybridized carbons (Fsp3) is 0.917. The zero-order chi connectivity index (χ0) is 12.1. The summed E-state index contributed by atoms with van der Waals surface area (Å²) in [6, 6.07) is 0.988. The lowest BCUT2D eigenvalue weighted by Gasteiger charge is -2.41. The van der Waals surface area contributed by atoms with Gasteiger partial charge in [-0.2, -0.15) is 0 Å². The van der Waals surface area contributed by atoms with Crippen LogP contribution in [0.3, 0.4) is 0 Å². The lowest BCUT2D eigenvalue weighted by molar-refractivity contribution is -0.131. The van der Waals surface area contributed by atoms with Gasteiger partial charge in [0.1, 0.15) is 0 Å². The first-order valence-electron chi connectivity index (χ1n) is 6.27. The van der Waals surface area contributed by atoms with E-state index in [1.54, 1.807) is 6.92 Å². The van der Waals surface area contributed by atoms with Crippen LogP contribution in [0.1, 0.15) is 33.6 Å². The summed E-state index contributed by atoms with van der Waals surface area (Å²) in [5.41, 5.74) is 5.65. The lowest BCUT2D eigenvalue weighted by Crippen LogP contribution is -2.52. The number of nitrogens with two attached hydrogens (primary N) is 1. The van der Waals surface area contributed by atoms with Crippen molar-refractivity contribution >= 4 is 5.91 Å². The molecule has 4 nitrogen and oxygen atoms in total. The summed E-state index contributed by atoms with van der Waals surface area (Å²) in [5, 5.41) is 0. The summed E-state index contributed by atoms with van der Waals surface area (Å²) in [7, 11) is 0. The second-order valence-corrected chi connectivity index (χ2v) is 4.88. The van der Waals surface area contributed by atoms with E-state index in [2.05, 4.69) is 18.7 Å². The van der Waals surface area contributed by atoms with Gasteiger partial charge in [0.2, 0.25) is 5.91 Å². The Hall–Kier alpha value is -0.610. The molecule has 1 heterocycles. The van der Waals surface area contributed by atoms with E-state index < -0.39 is 0 Å². The number of likely N-dealkylation sites (tertiary alicyclic amines) is 1. The van der Waals surface area contributed by atoms with E-state index in [9.17, 15) is 4.79 Å². The maximum Gasteiger partial charge on any atom is 0.219 e. The van der Waals surface area contributed by atoms with Crippen molar-refractivity contribution in [3.05, 3.63) is 0 Å². The summed E-state index contributed by atoms with van der Waals surface area (Å²) in [5.74, 6) is 0.196. The summed E-state index contributed by atoms with van der Waals surface area (Å²) in [4.78, 5) is 15.8. The van der Waals surface area contributed by atoms with Gasteiger partial charge < -0.3 is 10.6 Å². The van der Waals surface area contributed by atoms with Crippen LogP contribution in [-0.2, 0) is 4.79 Å². The van der Waals surface area contributed by atoms with E-state index in [0.29, 0.717) is 18.6 Å². The molecule has 1 aliphatic rings. The maximum atomic E-state index is 11.4. The number of nitrogens with zero attached hydrogens (tertiary/aromatic N) is 2. The fourth-order valence-electron chi connectivity index (χ4n) is 2.52. The van der Waals surface area contributed by atoms with E-state index >= 15 is 0 Å². The molecule has 1 atom stereocenters. The van der Waals surface area contributed by atoms with Gasteiger partial charge in [0.05, 0.1) is 0 Å². The van der Waals surface area contributed by atoms with Gasteiger partial charge in [-0.3, -0.25) is 9.69 Å². The minimum absolute atomic E-state index is 0.196. The highest BCUT2D eigenvalue weighted by Gasteiger charge is 2.27. The van der Waals surface area contributed by atoms with E-state index in [4.69, 9.17) is 5.73 Å². The third kappa shape index (κ3) is 3.46. The van der Waals surface area contributed by atoms with Gasteiger partial charge in [-0.05, 0) is 26.7 Å². The lowest BCUT2D eigenvalue weighted by atomic mass is 10.0. The molecule has 0 aromatic rings. The molecule has 1 rings (SSSR count). The molecule has 1 unspecified atom stereocenters. The molecule has 1 aliphatic heterocycles. The molecule has 16 heavy (non-hydrogen) atoms. The predicted octanol–water partition coefficient (Wildman–Crippen LogP) is 0.666. The van der Waals surface area contributed by atoms with Crippen LogP contribution in [0.4, 0.5) is 0 Å². The van der Waals surface area contributed by atoms with E-state index in [0.717, 1.165) is 26.1 Å². The van der Waals surface area contributed by atoms with E-state index in [1.165, 1.54) is 6.42 Å². The van der Waals surface area contributed by atoms with Crippen molar-refractivity contribution in [2.45, 2.75) is 45.7 Å². The first-order chi connectivity index (χ1) is 7.56. The minimum Gasteiger partial charge on any atom is -0.341 e. The van der Waals surface area contributed by atoms with Crippen molar-refractivity contribution in [1.29, 1.82) is 0 Å². The molecule has 2 N–H and O–H groups in total. The Labute approximate surface area is 98.8 Å². The number of carbonyl (C=O) groups is 1. The SMILES string of the molecule is CC(=O)N1CCCC(N(CCN)C(C)C)C1. The first kappa shape index (κ1) is 13.5. The molecule has 1 fully saturated rings. The Bertz CT molecular complexity index is 230. The van der Waals surface area contributed by atoms with Gasteiger partial charge in [-0.25, -0.2) is 0 Å². The Balaban J connectivity index is 2.59. The number of carbonyl (C=O) groups excluding carboxylic acids is 1. The molecule has 94 valence electrons. The van der Waals surface area contributed by atoms with Gasteiger partial charge in [-0.15, -0.1) is 0 Å². The first-order valence-corrected chi connectivity index (χ1v) is 6.27. The molecule has 0 aromatic heterocycles. The van der Waals surface area contributed by atoms with Crippen molar-refractivity contribution < 1.29 is 4.79 Å². The maximum absolute atomic E-state index is 11.4. The summed E-state index contributed by atoms with van der Waals surface area (Å²) >= 11 is 0. The molecule has 1 saturated heterocycles. The Morgan fingerprint density at radius 1 is 1.56 bits per heavy atom. The van der Waals surface area contributed by atoms with Gasteiger partial charge in [0.15, 0.2) is 0 Å². The predicted molar refractivity (Wildman–Crippen MR) is 66.2 cm³/mol. The molecule has 0 bridgehead atoms. The highest BCUT2D eigenvalue weighted by Crippen LogP contribution is 2.17. The molecule has 0 aromatic carbocycles. The van der Waals surface area contributed by atoms with Crippen molar-refractivity contribution in [1.82, 2.24) is 9.80 Å². The zero-order valence-electron chi connectivity index (χ0n) is 10.8. The monoisotopic (exact) mass is 227 g/mol. The van der Waals surface area contributed by atoms with Crippen molar-refractivity contribution in [3.63, 3.8) is 0 Å². The molecule has 0 saturated carbocycles. The van der Waals surface area contributed by atoms with Crippen LogP contribution in [0.5, 0.6) is 0 Å². The molecular formula is C12H25N3O. The van der Waals surface area contributed by atoms with Crippen molar-refractivity contribution in [2.24, 2.45) is 5.73 Å². The van der Waals surface area contributed by atoms with Crippen molar-refractivity contribution in [3.8, 4) is 0 Å². The zero-order valence-corrected chi connectivity index (χ0v) is 10.8. The molecule has 0 spiro atoms. The quantitative estimate of drug-likeness (QED) is 0.768. The summed E-state index contributed by atoms with van der Waals surface area (Å²) < 4.78 is 0. The third-order valence-electron chi connectivity index (χ3n) is 3.36. The summed E-state index contributed by atoms with van der Waals surface area (Å²) in [6.07, 6.45) is 2.29. The average Bonchev–Trinajstić information content (AvgIpc) is 2.25. The van der Waals surface area contributed by atoms with Crippen LogP contribution in [0.15, 0.2) is 0 Å². The number of rotatable bonds is 4. The van der Waals surface area contributed by atoms with Crippen LogP contribution in [0.2, 0.25) is 0 Å². The molecular weight excluding hydrogens is 202 g/mol. The highest BCUT2D eigenvalue weighted by molar-refractivity contribution is 5.73. The second kappa shape index (κ2) is 6.21. The standard InChI is InChI=1S/C12H25N3O/c1-10(2)15(8-6-13)12-5-4-7-14(9-12)11(3)16/h10,12H,4-9,13H2,1-3H3. The van der Waals surface area contributed by atoms with E-state index in [-0.39, 0.29) is 5.91 Å². The third-order valence-corrected chi connectivity index (χ3v) is 3.36. The van der Waals surface area contributed by atoms with Gasteiger partial charge in [0, 0.05) is 45.2 Å². The van der Waals surface area contributed by atoms with Crippen LogP contribution in [-0.4, -0.2) is 54.0 Å². The van der Waals surface area contributed by atoms with E-state index in [1.807, 2.05) is 4.90 Å². The smallest absolute Gasteiger partial charge is 0.219 e. The largest absolute Gasteiger partial charge is 0.341 e. The normalized spacial score (nSPS) is 21.9. The number of piperidine rings is 1.